The number of imide groups is 1. The van der Waals surface area contributed by atoms with Crippen LogP contribution in [0.2, 0.25) is 5.02 Å². The average Bonchev–Trinajstić information content (AvgIpc) is 4.02. The molecule has 0 radical (unpaired) electrons. The first-order valence-corrected chi connectivity index (χ1v) is 23.7. The van der Waals surface area contributed by atoms with Crippen molar-refractivity contribution in [3.05, 3.63) is 74.7 Å². The molecule has 66 heavy (non-hydrogen) atoms. The summed E-state index contributed by atoms with van der Waals surface area (Å²) in [6.45, 7) is 7.98. The van der Waals surface area contributed by atoms with E-state index >= 15 is 0 Å². The van der Waals surface area contributed by atoms with E-state index in [2.05, 4.69) is 36.8 Å². The van der Waals surface area contributed by atoms with Gasteiger partial charge in [0.2, 0.25) is 17.8 Å². The Balaban J connectivity index is 0.718. The van der Waals surface area contributed by atoms with Crippen LogP contribution >= 0.6 is 11.6 Å². The normalized spacial score (nSPS) is 23.0. The molecule has 348 valence electrons. The summed E-state index contributed by atoms with van der Waals surface area (Å²) >= 11 is 6.63. The van der Waals surface area contributed by atoms with Gasteiger partial charge in [-0.15, -0.1) is 0 Å². The molecule has 1 saturated carbocycles. The second kappa shape index (κ2) is 17.8. The van der Waals surface area contributed by atoms with Crippen LogP contribution in [0.5, 0.6) is 11.5 Å². The van der Waals surface area contributed by atoms with E-state index in [1.807, 2.05) is 38.1 Å². The standard InChI is InChI=1S/C48H56ClN9O8/c1-27(2)58-37-9-4-29(20-28(37)21-39(46(58)63)64-25-41(60)50-3)52-43-36(49)23-51-47(54-43)56-16-12-31(13-17-56)66-32-6-5-30(22-32)55-18-14-48(15-19-55)26-65-42-34-24-57(38-10-11-40(59)53-44(38)61)45(62)33(34)7-8-35(42)48/h4,7-9,20-21,23,27,30-32,38H,5-6,10-19,22,24-26H2,1-3H3,(H,50,60)(H,51,52,54)(H,53,59,61)/t30-,32-,38?/m0/s1. The van der Waals surface area contributed by atoms with Crippen molar-refractivity contribution in [3.63, 3.8) is 0 Å². The van der Waals surface area contributed by atoms with Crippen molar-refractivity contribution >= 4 is 63.6 Å². The van der Waals surface area contributed by atoms with Gasteiger partial charge in [-0.05, 0) is 109 Å². The van der Waals surface area contributed by atoms with Crippen molar-refractivity contribution in [3.8, 4) is 11.5 Å². The molecule has 4 aromatic rings. The molecule has 1 spiro atoms. The highest BCUT2D eigenvalue weighted by Crippen LogP contribution is 2.50. The molecule has 3 N–H and O–H groups in total. The molecule has 2 aromatic carbocycles. The Bertz CT molecular complexity index is 2660. The molecular weight excluding hydrogens is 866 g/mol. The third-order valence-corrected chi connectivity index (χ3v) is 14.9. The van der Waals surface area contributed by atoms with Gasteiger partial charge in [-0.3, -0.25) is 29.3 Å². The topological polar surface area (TPSA) is 190 Å². The number of piperidine rings is 3. The Labute approximate surface area is 387 Å². The van der Waals surface area contributed by atoms with Gasteiger partial charge in [0.15, 0.2) is 18.2 Å². The number of amides is 4. The van der Waals surface area contributed by atoms with Gasteiger partial charge in [-0.25, -0.2) is 4.98 Å². The number of nitrogens with zero attached hydrogens (tertiary/aromatic N) is 6. The zero-order chi connectivity index (χ0) is 45.9. The molecule has 6 aliphatic rings. The maximum Gasteiger partial charge on any atom is 0.293 e. The highest BCUT2D eigenvalue weighted by molar-refractivity contribution is 6.33. The number of likely N-dealkylation sites (tertiary alicyclic amines) is 1. The summed E-state index contributed by atoms with van der Waals surface area (Å²) in [6, 6.07) is 11.0. The van der Waals surface area contributed by atoms with Gasteiger partial charge >= 0.3 is 0 Å². The number of aromatic nitrogens is 3. The molecular formula is C48H56ClN9O8. The van der Waals surface area contributed by atoms with Crippen molar-refractivity contribution in [2.75, 3.05) is 56.7 Å². The molecule has 17 nitrogen and oxygen atoms in total. The Morgan fingerprint density at radius 1 is 1.00 bits per heavy atom. The fourth-order valence-electron chi connectivity index (χ4n) is 11.0. The monoisotopic (exact) mass is 921 g/mol. The van der Waals surface area contributed by atoms with Crippen LogP contribution in [0.3, 0.4) is 0 Å². The highest BCUT2D eigenvalue weighted by atomic mass is 35.5. The summed E-state index contributed by atoms with van der Waals surface area (Å²) in [5.74, 6) is 0.764. The maximum absolute atomic E-state index is 13.4. The lowest BCUT2D eigenvalue weighted by atomic mass is 9.73. The summed E-state index contributed by atoms with van der Waals surface area (Å²) in [4.78, 5) is 78.8. The predicted molar refractivity (Wildman–Crippen MR) is 247 cm³/mol. The molecule has 4 amide bonds. The van der Waals surface area contributed by atoms with Gasteiger partial charge in [-0.2, -0.15) is 4.98 Å². The molecule has 1 unspecified atom stereocenters. The first kappa shape index (κ1) is 44.1. The summed E-state index contributed by atoms with van der Waals surface area (Å²) in [5.41, 5.74) is 3.70. The number of halogens is 1. The number of anilines is 3. The van der Waals surface area contributed by atoms with Crippen LogP contribution in [0.15, 0.2) is 47.4 Å². The summed E-state index contributed by atoms with van der Waals surface area (Å²) < 4.78 is 20.5. The van der Waals surface area contributed by atoms with Crippen LogP contribution in [0.4, 0.5) is 17.5 Å². The molecule has 0 bridgehead atoms. The van der Waals surface area contributed by atoms with E-state index in [9.17, 15) is 24.0 Å². The summed E-state index contributed by atoms with van der Waals surface area (Å²) in [7, 11) is 1.52. The number of hydrogen-bond donors (Lipinski definition) is 3. The Hall–Kier alpha value is -5.78. The molecule has 5 aliphatic heterocycles. The zero-order valence-corrected chi connectivity index (χ0v) is 38.3. The van der Waals surface area contributed by atoms with E-state index in [0.717, 1.165) is 93.3 Å². The molecule has 3 saturated heterocycles. The lowest BCUT2D eigenvalue weighted by Gasteiger charge is -2.41. The number of carbonyl (C=O) groups excluding carboxylic acids is 4. The number of hydrogen-bond acceptors (Lipinski definition) is 13. The number of rotatable bonds is 11. The molecule has 2 aromatic heterocycles. The SMILES string of the molecule is CNC(=O)COc1cc2cc(Nc3nc(N4CCC(O[C@H]5CC[C@H](N6CCC7(CC6)COc6c7ccc7c6CN(C6CCC(=O)NC6=O)C7=O)C5)CC4)ncc3Cl)ccc2n(C(C)C)c1=O. The fraction of sp³-hybridized carbons (Fsp3) is 0.521. The van der Waals surface area contributed by atoms with Crippen LogP contribution < -0.4 is 35.9 Å². The molecule has 7 heterocycles. The molecule has 10 rings (SSSR count). The number of ether oxygens (including phenoxy) is 3. The lowest BCUT2D eigenvalue weighted by Crippen LogP contribution is -2.52. The summed E-state index contributed by atoms with van der Waals surface area (Å²) in [6.07, 6.45) is 9.46. The zero-order valence-electron chi connectivity index (χ0n) is 37.6. The second-order valence-electron chi connectivity index (χ2n) is 18.9. The number of nitrogens with one attached hydrogen (secondary N) is 3. The van der Waals surface area contributed by atoms with Crippen molar-refractivity contribution in [2.45, 2.75) is 114 Å². The van der Waals surface area contributed by atoms with Gasteiger partial charge in [0.25, 0.3) is 17.4 Å². The Morgan fingerprint density at radius 2 is 1.80 bits per heavy atom. The van der Waals surface area contributed by atoms with Gasteiger partial charge in [0, 0.05) is 71.8 Å². The van der Waals surface area contributed by atoms with Gasteiger partial charge in [0.1, 0.15) is 16.8 Å². The summed E-state index contributed by atoms with van der Waals surface area (Å²) in [5, 5.41) is 9.38. The van der Waals surface area contributed by atoms with Crippen molar-refractivity contribution in [2.24, 2.45) is 0 Å². The van der Waals surface area contributed by atoms with Crippen LogP contribution in [0, 0.1) is 0 Å². The van der Waals surface area contributed by atoms with Gasteiger partial charge in [0.05, 0.1) is 37.1 Å². The third-order valence-electron chi connectivity index (χ3n) is 14.6. The van der Waals surface area contributed by atoms with Crippen LogP contribution in [0.1, 0.15) is 99.2 Å². The number of carbonyl (C=O) groups is 4. The first-order chi connectivity index (χ1) is 31.9. The van der Waals surface area contributed by atoms with Crippen molar-refractivity contribution in [1.82, 2.24) is 35.0 Å². The van der Waals surface area contributed by atoms with E-state index in [1.54, 1.807) is 21.7 Å². The van der Waals surface area contributed by atoms with E-state index in [4.69, 9.17) is 30.8 Å². The van der Waals surface area contributed by atoms with Crippen molar-refractivity contribution < 1.29 is 33.4 Å². The number of fused-ring (bicyclic) bond motifs is 5. The second-order valence-corrected chi connectivity index (χ2v) is 19.3. The number of likely N-dealkylation sites (N-methyl/N-ethyl adjacent to an activating group) is 1. The number of benzene rings is 2. The fourth-order valence-corrected chi connectivity index (χ4v) is 11.2. The van der Waals surface area contributed by atoms with Gasteiger partial charge in [-0.1, -0.05) is 17.7 Å². The molecule has 4 fully saturated rings. The maximum atomic E-state index is 13.4. The molecule has 3 atom stereocenters. The molecule has 18 heteroatoms. The minimum atomic E-state index is -0.647. The smallest absolute Gasteiger partial charge is 0.293 e. The van der Waals surface area contributed by atoms with Gasteiger partial charge < -0.3 is 44.1 Å². The molecule has 1 aliphatic carbocycles. The predicted octanol–water partition coefficient (Wildman–Crippen LogP) is 4.99. The quantitative estimate of drug-likeness (QED) is 0.171. The lowest BCUT2D eigenvalue weighted by molar-refractivity contribution is -0.137. The van der Waals surface area contributed by atoms with Crippen LogP contribution in [-0.4, -0.2) is 119 Å². The average molecular weight is 922 g/mol. The number of pyridine rings is 1. The minimum Gasteiger partial charge on any atom is -0.492 e. The largest absolute Gasteiger partial charge is 0.492 e. The van der Waals surface area contributed by atoms with E-state index in [0.29, 0.717) is 53.7 Å². The van der Waals surface area contributed by atoms with Crippen LogP contribution in [-0.2, 0) is 31.1 Å². The highest BCUT2D eigenvalue weighted by Gasteiger charge is 2.48. The Kier molecular flexibility index (Phi) is 11.9. The van der Waals surface area contributed by atoms with E-state index < -0.39 is 11.9 Å². The van der Waals surface area contributed by atoms with E-state index in [-0.39, 0.29) is 65.7 Å². The van der Waals surface area contributed by atoms with E-state index in [1.165, 1.54) is 12.6 Å². The first-order valence-electron chi connectivity index (χ1n) is 23.3. The minimum absolute atomic E-state index is 0.0906. The van der Waals surface area contributed by atoms with Crippen LogP contribution in [0.25, 0.3) is 10.9 Å². The van der Waals surface area contributed by atoms with Crippen molar-refractivity contribution in [1.29, 1.82) is 0 Å². The third kappa shape index (κ3) is 8.23. The Morgan fingerprint density at radius 3 is 2.56 bits per heavy atom.